The van der Waals surface area contributed by atoms with Crippen LogP contribution >= 0.6 is 0 Å². The summed E-state index contributed by atoms with van der Waals surface area (Å²) in [5, 5.41) is 0. The number of ether oxygens (including phenoxy) is 1. The number of aryl methyl sites for hydroxylation is 1. The van der Waals surface area contributed by atoms with Crippen molar-refractivity contribution in [1.82, 2.24) is 9.29 Å². The van der Waals surface area contributed by atoms with Gasteiger partial charge in [-0.1, -0.05) is 0 Å². The van der Waals surface area contributed by atoms with E-state index in [0.29, 0.717) is 37.1 Å². The molecule has 2 atom stereocenters. The molecule has 7 nitrogen and oxygen atoms in total. The second kappa shape index (κ2) is 7.03. The lowest BCUT2D eigenvalue weighted by Gasteiger charge is -2.38. The molecule has 2 bridgehead atoms. The number of pyridine rings is 1. The second-order valence-electron chi connectivity index (χ2n) is 9.00. The molecule has 2 fully saturated rings. The van der Waals surface area contributed by atoms with Crippen molar-refractivity contribution < 1.29 is 17.9 Å². The van der Waals surface area contributed by atoms with E-state index in [2.05, 4.69) is 4.98 Å². The van der Waals surface area contributed by atoms with Gasteiger partial charge in [0.05, 0.1) is 10.6 Å². The highest BCUT2D eigenvalue weighted by molar-refractivity contribution is 7.89. The molecule has 162 valence electrons. The molecule has 4 aliphatic rings. The first-order valence-electron chi connectivity index (χ1n) is 11.1. The van der Waals surface area contributed by atoms with Crippen molar-refractivity contribution in [2.75, 3.05) is 11.4 Å². The molecule has 1 aromatic carbocycles. The van der Waals surface area contributed by atoms with E-state index in [1.807, 2.05) is 29.2 Å². The van der Waals surface area contributed by atoms with E-state index in [0.717, 1.165) is 41.8 Å². The lowest BCUT2D eigenvalue weighted by Crippen LogP contribution is -2.49. The van der Waals surface area contributed by atoms with Crippen LogP contribution in [0.1, 0.15) is 43.2 Å². The zero-order valence-corrected chi connectivity index (χ0v) is 18.1. The molecule has 8 heteroatoms. The minimum atomic E-state index is -3.59. The molecule has 2 aromatic rings. The zero-order chi connectivity index (χ0) is 21.2. The molecule has 2 saturated heterocycles. The summed E-state index contributed by atoms with van der Waals surface area (Å²) in [6.45, 7) is 0.660. The first-order chi connectivity index (χ1) is 15.0. The van der Waals surface area contributed by atoms with Gasteiger partial charge in [-0.15, -0.1) is 0 Å². The summed E-state index contributed by atoms with van der Waals surface area (Å²) in [5.41, 5.74) is 2.95. The molecule has 0 N–H and O–H groups in total. The number of rotatable bonds is 4. The third-order valence-corrected chi connectivity index (χ3v) is 9.16. The van der Waals surface area contributed by atoms with E-state index < -0.39 is 10.0 Å². The van der Waals surface area contributed by atoms with Gasteiger partial charge in [0.1, 0.15) is 11.9 Å². The fourth-order valence-electron chi connectivity index (χ4n) is 5.88. The molecule has 0 saturated carbocycles. The third-order valence-electron chi connectivity index (χ3n) is 7.18. The van der Waals surface area contributed by atoms with E-state index >= 15 is 0 Å². The average Bonchev–Trinajstić information content (AvgIpc) is 3.32. The van der Waals surface area contributed by atoms with Gasteiger partial charge in [0.15, 0.2) is 0 Å². The molecule has 1 aromatic heterocycles. The smallest absolute Gasteiger partial charge is 0.243 e. The maximum atomic E-state index is 13.7. The van der Waals surface area contributed by atoms with Gasteiger partial charge < -0.3 is 9.64 Å². The number of fused-ring (bicyclic) bond motifs is 2. The molecule has 4 aliphatic heterocycles. The van der Waals surface area contributed by atoms with Crippen molar-refractivity contribution in [3.05, 3.63) is 47.8 Å². The van der Waals surface area contributed by atoms with Gasteiger partial charge in [-0.05, 0) is 61.1 Å². The summed E-state index contributed by atoms with van der Waals surface area (Å²) in [6.07, 6.45) is 8.40. The third kappa shape index (κ3) is 3.07. The topological polar surface area (TPSA) is 79.8 Å². The Morgan fingerprint density at radius 3 is 2.35 bits per heavy atom. The Balaban J connectivity index is 1.28. The molecule has 6 rings (SSSR count). The SMILES string of the molecule is O=C1CCc2cc(S(=O)(=O)N3C4CCC3CC(Oc3ccncc3)C4)cc3c2N1CC3. The number of piperidine rings is 1. The Morgan fingerprint density at radius 2 is 1.65 bits per heavy atom. The monoisotopic (exact) mass is 439 g/mol. The van der Waals surface area contributed by atoms with E-state index in [-0.39, 0.29) is 24.1 Å². The Labute approximate surface area is 182 Å². The van der Waals surface area contributed by atoms with Gasteiger partial charge in [0.25, 0.3) is 0 Å². The van der Waals surface area contributed by atoms with Crippen LogP contribution in [0.15, 0.2) is 41.6 Å². The van der Waals surface area contributed by atoms with Gasteiger partial charge in [-0.2, -0.15) is 4.31 Å². The van der Waals surface area contributed by atoms with Crippen molar-refractivity contribution in [2.45, 2.75) is 68.0 Å². The lowest BCUT2D eigenvalue weighted by atomic mass is 10.00. The molecule has 2 unspecified atom stereocenters. The molecule has 0 aliphatic carbocycles. The Kier molecular flexibility index (Phi) is 4.37. The Hall–Kier alpha value is -2.45. The first kappa shape index (κ1) is 19.3. The van der Waals surface area contributed by atoms with Crippen LogP contribution in [0.4, 0.5) is 5.69 Å². The molecule has 31 heavy (non-hydrogen) atoms. The summed E-state index contributed by atoms with van der Waals surface area (Å²) in [6, 6.07) is 7.25. The highest BCUT2D eigenvalue weighted by Gasteiger charge is 2.48. The van der Waals surface area contributed by atoms with Crippen LogP contribution in [0.5, 0.6) is 5.75 Å². The van der Waals surface area contributed by atoms with Crippen LogP contribution in [-0.4, -0.2) is 48.3 Å². The van der Waals surface area contributed by atoms with Crippen molar-refractivity contribution in [2.24, 2.45) is 0 Å². The van der Waals surface area contributed by atoms with Crippen LogP contribution in [0, 0.1) is 0 Å². The van der Waals surface area contributed by atoms with Crippen molar-refractivity contribution in [1.29, 1.82) is 0 Å². The summed E-state index contributed by atoms with van der Waals surface area (Å²) in [7, 11) is -3.59. The quantitative estimate of drug-likeness (QED) is 0.732. The number of benzene rings is 1. The van der Waals surface area contributed by atoms with Gasteiger partial charge >= 0.3 is 0 Å². The van der Waals surface area contributed by atoms with E-state index in [1.54, 1.807) is 16.7 Å². The van der Waals surface area contributed by atoms with E-state index in [9.17, 15) is 13.2 Å². The predicted octanol–water partition coefficient (Wildman–Crippen LogP) is 2.68. The van der Waals surface area contributed by atoms with Crippen LogP contribution in [-0.2, 0) is 27.7 Å². The second-order valence-corrected chi connectivity index (χ2v) is 10.8. The number of amides is 1. The highest BCUT2D eigenvalue weighted by Crippen LogP contribution is 2.43. The molecule has 1 amide bonds. The summed E-state index contributed by atoms with van der Waals surface area (Å²) >= 11 is 0. The Bertz CT molecular complexity index is 1140. The lowest BCUT2D eigenvalue weighted by molar-refractivity contribution is -0.118. The molecule has 0 spiro atoms. The number of carbonyl (C=O) groups excluding carboxylic acids is 1. The minimum absolute atomic E-state index is 0.0205. The maximum absolute atomic E-state index is 13.7. The standard InChI is InChI=1S/C23H25N3O4S/c27-22-4-1-15-11-21(12-16-7-10-25(22)23(15)16)31(28,29)26-17-2-3-18(26)14-20(13-17)30-19-5-8-24-9-6-19/h5-6,8-9,11-12,17-18,20H,1-4,7,10,13-14H2. The fraction of sp³-hybridized carbons (Fsp3) is 0.478. The number of nitrogens with zero attached hydrogens (tertiary/aromatic N) is 3. The maximum Gasteiger partial charge on any atom is 0.243 e. The van der Waals surface area contributed by atoms with Gasteiger partial charge in [0.2, 0.25) is 15.9 Å². The van der Waals surface area contributed by atoms with Crippen molar-refractivity contribution in [3.8, 4) is 5.75 Å². The fourth-order valence-corrected chi connectivity index (χ4v) is 7.87. The average molecular weight is 440 g/mol. The molecular weight excluding hydrogens is 414 g/mol. The summed E-state index contributed by atoms with van der Waals surface area (Å²) in [4.78, 5) is 18.4. The number of hydrogen-bond acceptors (Lipinski definition) is 5. The molecular formula is C23H25N3O4S. The molecule has 5 heterocycles. The van der Waals surface area contributed by atoms with Gasteiger partial charge in [-0.25, -0.2) is 8.42 Å². The molecule has 0 radical (unpaired) electrons. The van der Waals surface area contributed by atoms with Crippen LogP contribution in [0.2, 0.25) is 0 Å². The summed E-state index contributed by atoms with van der Waals surface area (Å²) in [5.74, 6) is 0.934. The first-order valence-corrected chi connectivity index (χ1v) is 12.5. The van der Waals surface area contributed by atoms with Crippen LogP contribution in [0.25, 0.3) is 0 Å². The number of hydrogen-bond donors (Lipinski definition) is 0. The van der Waals surface area contributed by atoms with Crippen molar-refractivity contribution >= 4 is 21.6 Å². The Morgan fingerprint density at radius 1 is 0.968 bits per heavy atom. The van der Waals surface area contributed by atoms with Crippen LogP contribution < -0.4 is 9.64 Å². The number of aromatic nitrogens is 1. The number of sulfonamides is 1. The van der Waals surface area contributed by atoms with Gasteiger partial charge in [0, 0.05) is 50.3 Å². The van der Waals surface area contributed by atoms with Gasteiger partial charge in [-0.3, -0.25) is 9.78 Å². The summed E-state index contributed by atoms with van der Waals surface area (Å²) < 4.78 is 35.4. The predicted molar refractivity (Wildman–Crippen MR) is 115 cm³/mol. The normalized spacial score (nSPS) is 27.4. The minimum Gasteiger partial charge on any atom is -0.490 e. The highest BCUT2D eigenvalue weighted by atomic mass is 32.2. The van der Waals surface area contributed by atoms with Crippen molar-refractivity contribution in [3.63, 3.8) is 0 Å². The zero-order valence-electron chi connectivity index (χ0n) is 17.2. The largest absolute Gasteiger partial charge is 0.490 e. The van der Waals surface area contributed by atoms with E-state index in [4.69, 9.17) is 4.74 Å². The number of carbonyl (C=O) groups is 1. The van der Waals surface area contributed by atoms with E-state index in [1.165, 1.54) is 0 Å². The number of anilines is 1. The van der Waals surface area contributed by atoms with Crippen LogP contribution in [0.3, 0.4) is 0 Å².